The van der Waals surface area contributed by atoms with Gasteiger partial charge in [-0.15, -0.1) is 0 Å². The van der Waals surface area contributed by atoms with Gasteiger partial charge < -0.3 is 14.2 Å². The second-order valence-corrected chi connectivity index (χ2v) is 6.77. The lowest BCUT2D eigenvalue weighted by atomic mass is 10.1. The number of aryl methyl sites for hydroxylation is 1. The summed E-state index contributed by atoms with van der Waals surface area (Å²) in [6, 6.07) is 6.51. The zero-order valence-electron chi connectivity index (χ0n) is 13.1. The van der Waals surface area contributed by atoms with Gasteiger partial charge in [0.2, 0.25) is 0 Å². The molecule has 112 valence electrons. The third kappa shape index (κ3) is 2.75. The van der Waals surface area contributed by atoms with Crippen molar-refractivity contribution in [2.45, 2.75) is 46.4 Å². The highest BCUT2D eigenvalue weighted by Gasteiger charge is 2.25. The van der Waals surface area contributed by atoms with E-state index < -0.39 is 5.60 Å². The van der Waals surface area contributed by atoms with Gasteiger partial charge in [0.25, 0.3) is 0 Å². The lowest BCUT2D eigenvalue weighted by Crippen LogP contribution is -2.37. The van der Waals surface area contributed by atoms with Crippen molar-refractivity contribution in [2.75, 3.05) is 6.54 Å². The normalized spacial score (nSPS) is 15.1. The minimum Gasteiger partial charge on any atom is -0.444 e. The maximum atomic E-state index is 12.3. The number of ether oxygens (including phenoxy) is 1. The predicted octanol–water partition coefficient (Wildman–Crippen LogP) is 3.70. The summed E-state index contributed by atoms with van der Waals surface area (Å²) in [6.45, 7) is 9.88. The standard InChI is InChI=1S/C17H22N2O2/c1-12-9-13-5-6-18-7-8-19(11-14(10-12)15(13)18)16(20)21-17(2,3)4/h5-6,9-10H,7-8,11H2,1-4H3. The quantitative estimate of drug-likeness (QED) is 0.740. The third-order valence-corrected chi connectivity index (χ3v) is 3.71. The Hall–Kier alpha value is -1.97. The van der Waals surface area contributed by atoms with Crippen LogP contribution < -0.4 is 0 Å². The molecule has 0 N–H and O–H groups in total. The first kappa shape index (κ1) is 14.0. The Labute approximate surface area is 125 Å². The van der Waals surface area contributed by atoms with Crippen LogP contribution in [0, 0.1) is 6.92 Å². The van der Waals surface area contributed by atoms with Gasteiger partial charge in [-0.25, -0.2) is 4.79 Å². The Morgan fingerprint density at radius 2 is 2.00 bits per heavy atom. The summed E-state index contributed by atoms with van der Waals surface area (Å²) in [7, 11) is 0. The fourth-order valence-electron chi connectivity index (χ4n) is 2.91. The van der Waals surface area contributed by atoms with Crippen molar-refractivity contribution in [1.82, 2.24) is 9.47 Å². The average Bonchev–Trinajstić information content (AvgIpc) is 2.64. The summed E-state index contributed by atoms with van der Waals surface area (Å²) in [5, 5.41) is 1.25. The molecule has 3 rings (SSSR count). The zero-order chi connectivity index (χ0) is 15.2. The minimum absolute atomic E-state index is 0.233. The fraction of sp³-hybridized carbons (Fsp3) is 0.471. The summed E-state index contributed by atoms with van der Waals surface area (Å²) in [5.41, 5.74) is 3.20. The highest BCUT2D eigenvalue weighted by atomic mass is 16.6. The first-order valence-corrected chi connectivity index (χ1v) is 7.40. The molecule has 1 aromatic heterocycles. The predicted molar refractivity (Wildman–Crippen MR) is 83.3 cm³/mol. The van der Waals surface area contributed by atoms with E-state index in [0.29, 0.717) is 13.1 Å². The number of carbonyl (C=O) groups is 1. The van der Waals surface area contributed by atoms with Crippen LogP contribution in [0.15, 0.2) is 24.4 Å². The SMILES string of the molecule is Cc1cc2c3c(ccn3CCN(C(=O)OC(C)(C)C)C2)c1. The Morgan fingerprint density at radius 3 is 2.71 bits per heavy atom. The van der Waals surface area contributed by atoms with Gasteiger partial charge in [0, 0.05) is 24.7 Å². The molecule has 4 nitrogen and oxygen atoms in total. The number of hydrogen-bond donors (Lipinski definition) is 0. The van der Waals surface area contributed by atoms with Crippen LogP contribution in [0.3, 0.4) is 0 Å². The maximum absolute atomic E-state index is 12.3. The van der Waals surface area contributed by atoms with Gasteiger partial charge in [-0.1, -0.05) is 11.6 Å². The molecule has 0 unspecified atom stereocenters. The smallest absolute Gasteiger partial charge is 0.410 e. The van der Waals surface area contributed by atoms with Crippen molar-refractivity contribution < 1.29 is 9.53 Å². The second-order valence-electron chi connectivity index (χ2n) is 6.77. The van der Waals surface area contributed by atoms with Crippen molar-refractivity contribution in [1.29, 1.82) is 0 Å². The topological polar surface area (TPSA) is 34.5 Å². The molecule has 0 saturated heterocycles. The molecule has 1 aromatic carbocycles. The van der Waals surface area contributed by atoms with Crippen LogP contribution in [0.5, 0.6) is 0 Å². The van der Waals surface area contributed by atoms with Gasteiger partial charge >= 0.3 is 6.09 Å². The molecular formula is C17H22N2O2. The maximum Gasteiger partial charge on any atom is 0.410 e. The molecule has 4 heteroatoms. The van der Waals surface area contributed by atoms with E-state index in [9.17, 15) is 4.79 Å². The monoisotopic (exact) mass is 286 g/mol. The Balaban J connectivity index is 1.93. The van der Waals surface area contributed by atoms with E-state index >= 15 is 0 Å². The molecule has 1 aliphatic heterocycles. The number of hydrogen-bond acceptors (Lipinski definition) is 2. The number of amides is 1. The molecule has 21 heavy (non-hydrogen) atoms. The molecule has 0 saturated carbocycles. The van der Waals surface area contributed by atoms with Gasteiger partial charge in [-0.2, -0.15) is 0 Å². The molecule has 2 aromatic rings. The van der Waals surface area contributed by atoms with E-state index in [-0.39, 0.29) is 6.09 Å². The van der Waals surface area contributed by atoms with Gasteiger partial charge in [0.15, 0.2) is 0 Å². The van der Waals surface area contributed by atoms with Crippen LogP contribution >= 0.6 is 0 Å². The molecule has 2 heterocycles. The first-order valence-electron chi connectivity index (χ1n) is 7.40. The third-order valence-electron chi connectivity index (χ3n) is 3.71. The lowest BCUT2D eigenvalue weighted by molar-refractivity contribution is 0.0233. The van der Waals surface area contributed by atoms with Crippen LogP contribution in [0.25, 0.3) is 10.9 Å². The number of nitrogens with zero attached hydrogens (tertiary/aromatic N) is 2. The molecule has 0 spiro atoms. The summed E-state index contributed by atoms with van der Waals surface area (Å²) in [5.74, 6) is 0. The fourth-order valence-corrected chi connectivity index (χ4v) is 2.91. The van der Waals surface area contributed by atoms with Crippen LogP contribution in [0.2, 0.25) is 0 Å². The van der Waals surface area contributed by atoms with Crippen LogP contribution in [-0.4, -0.2) is 27.7 Å². The highest BCUT2D eigenvalue weighted by molar-refractivity contribution is 5.85. The average molecular weight is 286 g/mol. The number of carbonyl (C=O) groups excluding carboxylic acids is 1. The molecule has 0 atom stereocenters. The van der Waals surface area contributed by atoms with Gasteiger partial charge in [0.1, 0.15) is 5.60 Å². The molecule has 0 bridgehead atoms. The molecule has 0 aliphatic carbocycles. The van der Waals surface area contributed by atoms with Gasteiger partial charge in [-0.05, 0) is 45.4 Å². The summed E-state index contributed by atoms with van der Waals surface area (Å²) >= 11 is 0. The Bertz CT molecular complexity index is 695. The lowest BCUT2D eigenvalue weighted by Gasteiger charge is -2.26. The number of benzene rings is 1. The Morgan fingerprint density at radius 1 is 1.24 bits per heavy atom. The van der Waals surface area contributed by atoms with Crippen LogP contribution in [-0.2, 0) is 17.8 Å². The first-order chi connectivity index (χ1) is 9.83. The minimum atomic E-state index is -0.458. The van der Waals surface area contributed by atoms with E-state index in [1.165, 1.54) is 22.0 Å². The number of aromatic nitrogens is 1. The zero-order valence-corrected chi connectivity index (χ0v) is 13.1. The number of rotatable bonds is 0. The van der Waals surface area contributed by atoms with E-state index in [4.69, 9.17) is 4.74 Å². The second kappa shape index (κ2) is 4.79. The van der Waals surface area contributed by atoms with Gasteiger partial charge in [-0.3, -0.25) is 0 Å². The van der Waals surface area contributed by atoms with Crippen molar-refractivity contribution in [2.24, 2.45) is 0 Å². The molecular weight excluding hydrogens is 264 g/mol. The van der Waals surface area contributed by atoms with Crippen LogP contribution in [0.1, 0.15) is 31.9 Å². The molecule has 1 aliphatic rings. The summed E-state index contributed by atoms with van der Waals surface area (Å²) in [4.78, 5) is 14.1. The van der Waals surface area contributed by atoms with Crippen molar-refractivity contribution in [3.05, 3.63) is 35.5 Å². The van der Waals surface area contributed by atoms with E-state index in [1.807, 2.05) is 20.8 Å². The van der Waals surface area contributed by atoms with E-state index in [0.717, 1.165) is 6.54 Å². The summed E-state index contributed by atoms with van der Waals surface area (Å²) in [6.07, 6.45) is 1.87. The van der Waals surface area contributed by atoms with Crippen LogP contribution in [0.4, 0.5) is 4.79 Å². The van der Waals surface area contributed by atoms with Crippen molar-refractivity contribution in [3.63, 3.8) is 0 Å². The largest absolute Gasteiger partial charge is 0.444 e. The highest BCUT2D eigenvalue weighted by Crippen LogP contribution is 2.26. The summed E-state index contributed by atoms with van der Waals surface area (Å²) < 4.78 is 7.74. The molecule has 0 radical (unpaired) electrons. The van der Waals surface area contributed by atoms with Crippen molar-refractivity contribution in [3.8, 4) is 0 Å². The van der Waals surface area contributed by atoms with Crippen molar-refractivity contribution >= 4 is 17.0 Å². The van der Waals surface area contributed by atoms with Gasteiger partial charge in [0.05, 0.1) is 12.1 Å². The molecule has 0 fully saturated rings. The molecule has 1 amide bonds. The van der Waals surface area contributed by atoms with E-state index in [2.05, 4.69) is 35.9 Å². The van der Waals surface area contributed by atoms with E-state index in [1.54, 1.807) is 4.90 Å². The Kier molecular flexibility index (Phi) is 3.19.